The molecule has 0 spiro atoms. The number of fused-ring (bicyclic) bond motifs is 2. The number of rotatable bonds is 9. The minimum atomic E-state index is -0.403. The van der Waals surface area contributed by atoms with E-state index in [0.717, 1.165) is 11.8 Å². The van der Waals surface area contributed by atoms with Crippen LogP contribution >= 0.6 is 34.7 Å². The van der Waals surface area contributed by atoms with Crippen LogP contribution in [0.1, 0.15) is 54.1 Å². The van der Waals surface area contributed by atoms with Crippen LogP contribution in [0.5, 0.6) is 5.75 Å². The molecule has 0 saturated heterocycles. The molecule has 9 heteroatoms. The predicted molar refractivity (Wildman–Crippen MR) is 129 cm³/mol. The number of carbonyl (C=O) groups is 1. The van der Waals surface area contributed by atoms with E-state index >= 15 is 0 Å². The van der Waals surface area contributed by atoms with Crippen LogP contribution in [-0.4, -0.2) is 26.3 Å². The Labute approximate surface area is 205 Å². The molecule has 0 radical (unpaired) electrons. The van der Waals surface area contributed by atoms with Crippen LogP contribution < -0.4 is 4.74 Å². The van der Waals surface area contributed by atoms with Crippen LogP contribution in [0, 0.1) is 23.6 Å². The zero-order chi connectivity index (χ0) is 22.9. The fraction of sp³-hybridized carbons (Fsp3) is 0.458. The van der Waals surface area contributed by atoms with Gasteiger partial charge in [0.1, 0.15) is 6.61 Å². The van der Waals surface area contributed by atoms with Crippen molar-refractivity contribution in [2.75, 3.05) is 5.75 Å². The van der Waals surface area contributed by atoms with Crippen molar-refractivity contribution in [2.24, 2.45) is 17.8 Å². The first-order valence-corrected chi connectivity index (χ1v) is 13.4. The van der Waals surface area contributed by atoms with Gasteiger partial charge in [-0.15, -0.1) is 21.5 Å². The number of nitrogens with zero attached hydrogens (tertiary/aromatic N) is 3. The lowest BCUT2D eigenvalue weighted by Gasteiger charge is -2.30. The number of aromatic nitrogens is 3. The van der Waals surface area contributed by atoms with Crippen LogP contribution in [-0.2, 0) is 6.61 Å². The highest BCUT2D eigenvalue weighted by atomic mass is 35.5. The molecular formula is C24H25ClFN3O2S2. The van der Waals surface area contributed by atoms with Crippen molar-refractivity contribution in [2.45, 2.75) is 50.4 Å². The van der Waals surface area contributed by atoms with E-state index in [2.05, 4.69) is 21.7 Å². The maximum Gasteiger partial charge on any atom is 0.192 e. The number of ether oxygens (including phenoxy) is 1. The molecule has 3 aromatic rings. The van der Waals surface area contributed by atoms with Gasteiger partial charge < -0.3 is 4.74 Å². The third kappa shape index (κ3) is 4.84. The van der Waals surface area contributed by atoms with Crippen LogP contribution in [0.3, 0.4) is 0 Å². The van der Waals surface area contributed by atoms with Gasteiger partial charge in [0.25, 0.3) is 0 Å². The summed E-state index contributed by atoms with van der Waals surface area (Å²) in [5, 5.41) is 9.49. The van der Waals surface area contributed by atoms with E-state index in [-0.39, 0.29) is 29.9 Å². The largest absolute Gasteiger partial charge is 0.483 e. The Morgan fingerprint density at radius 3 is 2.82 bits per heavy atom. The molecule has 0 aliphatic heterocycles. The third-order valence-electron chi connectivity index (χ3n) is 6.93. The molecule has 174 valence electrons. The van der Waals surface area contributed by atoms with Crippen molar-refractivity contribution in [1.29, 1.82) is 0 Å². The van der Waals surface area contributed by atoms with Gasteiger partial charge in [0.05, 0.1) is 15.0 Å². The van der Waals surface area contributed by atoms with E-state index in [1.54, 1.807) is 30.3 Å². The fourth-order valence-corrected chi connectivity index (χ4v) is 7.36. The third-order valence-corrected chi connectivity index (χ3v) is 9.14. The van der Waals surface area contributed by atoms with Gasteiger partial charge in [-0.3, -0.25) is 9.36 Å². The minimum Gasteiger partial charge on any atom is -0.483 e. The number of thioether (sulfide) groups is 1. The zero-order valence-electron chi connectivity index (χ0n) is 18.2. The van der Waals surface area contributed by atoms with Crippen molar-refractivity contribution < 1.29 is 13.9 Å². The SMILES string of the molecule is C[C@H]([C@@H]1C[C@H]2CC[C@H]1C2)n1c(COc2ccccc2F)nnc1SCC(=O)c1ccc(Cl)s1. The average Bonchev–Trinajstić information content (AvgIpc) is 3.60. The smallest absolute Gasteiger partial charge is 0.192 e. The summed E-state index contributed by atoms with van der Waals surface area (Å²) in [6.45, 7) is 2.33. The molecule has 2 fully saturated rings. The summed E-state index contributed by atoms with van der Waals surface area (Å²) in [6, 6.07) is 10.0. The van der Waals surface area contributed by atoms with Gasteiger partial charge in [0.2, 0.25) is 0 Å². The van der Waals surface area contributed by atoms with E-state index in [1.807, 2.05) is 0 Å². The second kappa shape index (κ2) is 9.76. The zero-order valence-corrected chi connectivity index (χ0v) is 20.6. The lowest BCUT2D eigenvalue weighted by Crippen LogP contribution is -2.24. The summed E-state index contributed by atoms with van der Waals surface area (Å²) >= 11 is 8.66. The number of para-hydroxylation sites is 1. The number of benzene rings is 1. The second-order valence-electron chi connectivity index (χ2n) is 8.88. The highest BCUT2D eigenvalue weighted by Gasteiger charge is 2.43. The first-order chi connectivity index (χ1) is 16.0. The Hall–Kier alpha value is -1.90. The fourth-order valence-electron chi connectivity index (χ4n) is 5.36. The summed E-state index contributed by atoms with van der Waals surface area (Å²) in [4.78, 5) is 13.3. The number of halogens is 2. The number of thiophene rings is 1. The van der Waals surface area contributed by atoms with Crippen molar-refractivity contribution in [1.82, 2.24) is 14.8 Å². The lowest BCUT2D eigenvalue weighted by molar-refractivity contribution is 0.102. The molecule has 2 saturated carbocycles. The van der Waals surface area contributed by atoms with Crippen molar-refractivity contribution in [3.05, 3.63) is 57.3 Å². The van der Waals surface area contributed by atoms with Gasteiger partial charge in [-0.05, 0) is 68.2 Å². The van der Waals surface area contributed by atoms with Gasteiger partial charge in [0.15, 0.2) is 28.3 Å². The first kappa shape index (κ1) is 22.9. The summed E-state index contributed by atoms with van der Waals surface area (Å²) in [7, 11) is 0. The molecule has 2 aliphatic carbocycles. The highest BCUT2D eigenvalue weighted by Crippen LogP contribution is 2.52. The molecule has 5 nitrogen and oxygen atoms in total. The number of carbonyl (C=O) groups excluding carboxylic acids is 1. The van der Waals surface area contributed by atoms with Crippen LogP contribution in [0.4, 0.5) is 4.39 Å². The lowest BCUT2D eigenvalue weighted by atomic mass is 9.84. The number of Topliss-reactive ketones (excluding diaryl/α,β-unsaturated/α-hetero) is 1. The van der Waals surface area contributed by atoms with E-state index in [1.165, 1.54) is 54.8 Å². The predicted octanol–water partition coefficient (Wildman–Crippen LogP) is 6.68. The van der Waals surface area contributed by atoms with E-state index in [0.29, 0.717) is 26.1 Å². The standard InChI is InChI=1S/C24H25ClFN3O2S2/c1-14(17-11-15-6-7-16(17)10-15)29-23(12-31-20-5-3-2-4-18(20)26)27-28-24(29)32-13-19(30)21-8-9-22(25)33-21/h2-5,8-9,14-17H,6-7,10-13H2,1H3/t14-,15+,16+,17+/m1/s1. The molecule has 0 amide bonds. The first-order valence-electron chi connectivity index (χ1n) is 11.2. The molecule has 0 unspecified atom stereocenters. The maximum absolute atomic E-state index is 14.1. The quantitative estimate of drug-likeness (QED) is 0.240. The highest BCUT2D eigenvalue weighted by molar-refractivity contribution is 7.99. The Kier molecular flexibility index (Phi) is 6.77. The molecular weight excluding hydrogens is 481 g/mol. The Morgan fingerprint density at radius 1 is 1.27 bits per heavy atom. The summed E-state index contributed by atoms with van der Waals surface area (Å²) < 4.78 is 22.5. The molecule has 4 atom stereocenters. The summed E-state index contributed by atoms with van der Waals surface area (Å²) in [5.41, 5.74) is 0. The van der Waals surface area contributed by atoms with Crippen molar-refractivity contribution in [3.63, 3.8) is 0 Å². The van der Waals surface area contributed by atoms with Gasteiger partial charge in [-0.2, -0.15) is 0 Å². The van der Waals surface area contributed by atoms with Crippen molar-refractivity contribution >= 4 is 40.5 Å². The molecule has 5 rings (SSSR count). The molecule has 1 aromatic carbocycles. The topological polar surface area (TPSA) is 57.0 Å². The molecule has 2 aliphatic rings. The maximum atomic E-state index is 14.1. The molecule has 2 aromatic heterocycles. The number of ketones is 1. The number of hydrogen-bond acceptors (Lipinski definition) is 6. The molecule has 2 bridgehead atoms. The average molecular weight is 506 g/mol. The van der Waals surface area contributed by atoms with Crippen LogP contribution in [0.25, 0.3) is 0 Å². The minimum absolute atomic E-state index is 0.0168. The van der Waals surface area contributed by atoms with Gasteiger partial charge in [-0.25, -0.2) is 4.39 Å². The Balaban J connectivity index is 1.36. The molecule has 33 heavy (non-hydrogen) atoms. The van der Waals surface area contributed by atoms with Crippen molar-refractivity contribution in [3.8, 4) is 5.75 Å². The van der Waals surface area contributed by atoms with E-state index < -0.39 is 5.82 Å². The second-order valence-corrected chi connectivity index (χ2v) is 11.5. The Morgan fingerprint density at radius 2 is 2.12 bits per heavy atom. The van der Waals surface area contributed by atoms with E-state index in [4.69, 9.17) is 16.3 Å². The Bertz CT molecular complexity index is 1150. The van der Waals surface area contributed by atoms with E-state index in [9.17, 15) is 9.18 Å². The normalized spacial score (nSPS) is 22.6. The van der Waals surface area contributed by atoms with Gasteiger partial charge >= 0.3 is 0 Å². The molecule has 0 N–H and O–H groups in total. The van der Waals surface area contributed by atoms with Gasteiger partial charge in [-0.1, -0.05) is 41.9 Å². The van der Waals surface area contributed by atoms with Crippen LogP contribution in [0.2, 0.25) is 4.34 Å². The van der Waals surface area contributed by atoms with Crippen LogP contribution in [0.15, 0.2) is 41.6 Å². The molecule has 2 heterocycles. The summed E-state index contributed by atoms with van der Waals surface area (Å²) in [5.74, 6) is 2.81. The van der Waals surface area contributed by atoms with Gasteiger partial charge in [0, 0.05) is 6.04 Å². The monoisotopic (exact) mass is 505 g/mol. The summed E-state index contributed by atoms with van der Waals surface area (Å²) in [6.07, 6.45) is 5.13. The number of hydrogen-bond donors (Lipinski definition) is 0.